The molecule has 8 nitrogen and oxygen atoms in total. The molecule has 4 saturated carbocycles. The minimum Gasteiger partial charge on any atom is -0.479 e. The highest BCUT2D eigenvalue weighted by Gasteiger charge is 2.52. The standard InChI is InChI=1S/C29H36N2O6/c1-18-8-25(37-17-36-7-6-34-2)24(29-13-19-9-20(14-29)11-21(10-19)15-29)12-23(18)27-28(35-3)31-22(16-30-27)4-5-26(32)33/h4-5,8,12,16,19-21H,6-7,9-11,13-15,17H2,1-3H3,(H,32,33)/b5-4+. The molecule has 37 heavy (non-hydrogen) atoms. The van der Waals surface area contributed by atoms with E-state index in [4.69, 9.17) is 24.1 Å². The zero-order valence-electron chi connectivity index (χ0n) is 21.9. The van der Waals surface area contributed by atoms with Gasteiger partial charge in [0.05, 0.1) is 32.2 Å². The molecule has 0 unspecified atom stereocenters. The molecule has 1 aromatic carbocycles. The molecule has 0 spiro atoms. The Hall–Kier alpha value is -2.97. The third-order valence-corrected chi connectivity index (χ3v) is 8.27. The van der Waals surface area contributed by atoms with Crippen molar-refractivity contribution in [3.8, 4) is 22.9 Å². The summed E-state index contributed by atoms with van der Waals surface area (Å²) in [5.41, 5.74) is 4.36. The number of methoxy groups -OCH3 is 2. The predicted octanol–water partition coefficient (Wildman–Crippen LogP) is 5.03. The lowest BCUT2D eigenvalue weighted by atomic mass is 9.48. The fourth-order valence-electron chi connectivity index (χ4n) is 7.17. The maximum atomic E-state index is 10.9. The van der Waals surface area contributed by atoms with Gasteiger partial charge >= 0.3 is 5.97 Å². The summed E-state index contributed by atoms with van der Waals surface area (Å²) in [6.45, 7) is 3.22. The first-order chi connectivity index (χ1) is 17.9. The fourth-order valence-corrected chi connectivity index (χ4v) is 7.17. The Morgan fingerprint density at radius 2 is 1.81 bits per heavy atom. The number of carbonyl (C=O) groups is 1. The number of aromatic nitrogens is 2. The highest BCUT2D eigenvalue weighted by atomic mass is 16.7. The quantitative estimate of drug-likeness (QED) is 0.256. The number of hydrogen-bond donors (Lipinski definition) is 1. The molecule has 4 bridgehead atoms. The van der Waals surface area contributed by atoms with E-state index in [2.05, 4.69) is 22.1 Å². The van der Waals surface area contributed by atoms with Crippen LogP contribution in [-0.4, -0.2) is 55.3 Å². The van der Waals surface area contributed by atoms with Gasteiger partial charge in [-0.15, -0.1) is 0 Å². The number of carboxylic acids is 1. The minimum absolute atomic E-state index is 0.101. The predicted molar refractivity (Wildman–Crippen MR) is 139 cm³/mol. The van der Waals surface area contributed by atoms with Gasteiger partial charge in [0, 0.05) is 24.3 Å². The van der Waals surface area contributed by atoms with Crippen molar-refractivity contribution in [3.63, 3.8) is 0 Å². The summed E-state index contributed by atoms with van der Waals surface area (Å²) in [4.78, 5) is 20.1. The van der Waals surface area contributed by atoms with E-state index >= 15 is 0 Å². The minimum atomic E-state index is -1.04. The Balaban J connectivity index is 1.54. The lowest BCUT2D eigenvalue weighted by Gasteiger charge is -2.57. The highest BCUT2D eigenvalue weighted by Crippen LogP contribution is 2.62. The van der Waals surface area contributed by atoms with Gasteiger partial charge in [-0.1, -0.05) is 0 Å². The molecular weight excluding hydrogens is 472 g/mol. The molecule has 0 aliphatic heterocycles. The van der Waals surface area contributed by atoms with Gasteiger partial charge in [-0.3, -0.25) is 0 Å². The topological polar surface area (TPSA) is 100 Å². The van der Waals surface area contributed by atoms with Crippen LogP contribution in [0.5, 0.6) is 11.6 Å². The average molecular weight is 509 g/mol. The van der Waals surface area contributed by atoms with Gasteiger partial charge < -0.3 is 24.1 Å². The van der Waals surface area contributed by atoms with Gasteiger partial charge in [-0.05, 0) is 92.4 Å². The van der Waals surface area contributed by atoms with Crippen LogP contribution in [0.4, 0.5) is 0 Å². The molecule has 1 heterocycles. The molecule has 8 heteroatoms. The van der Waals surface area contributed by atoms with E-state index in [-0.39, 0.29) is 12.2 Å². The number of carboxylic acid groups (broad SMARTS) is 1. The van der Waals surface area contributed by atoms with Crippen molar-refractivity contribution in [2.75, 3.05) is 34.2 Å². The Morgan fingerprint density at radius 3 is 2.43 bits per heavy atom. The van der Waals surface area contributed by atoms with Crippen LogP contribution in [0.1, 0.15) is 55.3 Å². The first-order valence-electron chi connectivity index (χ1n) is 13.1. The van der Waals surface area contributed by atoms with Gasteiger partial charge in [0.2, 0.25) is 5.88 Å². The molecule has 6 rings (SSSR count). The first-order valence-corrected chi connectivity index (χ1v) is 13.1. The van der Waals surface area contributed by atoms with Crippen LogP contribution in [-0.2, 0) is 19.7 Å². The van der Waals surface area contributed by atoms with Crippen molar-refractivity contribution in [2.24, 2.45) is 17.8 Å². The first kappa shape index (κ1) is 25.7. The van der Waals surface area contributed by atoms with Crippen LogP contribution in [0, 0.1) is 24.7 Å². The molecular formula is C29H36N2O6. The molecule has 4 aliphatic carbocycles. The van der Waals surface area contributed by atoms with Crippen molar-refractivity contribution in [1.82, 2.24) is 9.97 Å². The van der Waals surface area contributed by atoms with Crippen molar-refractivity contribution in [3.05, 3.63) is 41.2 Å². The fraction of sp³-hybridized carbons (Fsp3) is 0.552. The second kappa shape index (κ2) is 10.8. The molecule has 0 saturated heterocycles. The normalized spacial score (nSPS) is 26.1. The number of aliphatic carboxylic acids is 1. The summed E-state index contributed by atoms with van der Waals surface area (Å²) in [5.74, 6) is 2.57. The van der Waals surface area contributed by atoms with E-state index in [0.717, 1.165) is 40.7 Å². The van der Waals surface area contributed by atoms with E-state index in [1.54, 1.807) is 20.4 Å². The molecule has 1 N–H and O–H groups in total. The monoisotopic (exact) mass is 508 g/mol. The number of hydrogen-bond acceptors (Lipinski definition) is 7. The lowest BCUT2D eigenvalue weighted by Crippen LogP contribution is -2.48. The Morgan fingerprint density at radius 1 is 1.11 bits per heavy atom. The maximum Gasteiger partial charge on any atom is 0.328 e. The number of rotatable bonds is 11. The van der Waals surface area contributed by atoms with E-state index in [1.165, 1.54) is 50.2 Å². The summed E-state index contributed by atoms with van der Waals surface area (Å²) >= 11 is 0. The highest BCUT2D eigenvalue weighted by molar-refractivity contribution is 5.85. The molecule has 1 aromatic heterocycles. The Kier molecular flexibility index (Phi) is 7.49. The van der Waals surface area contributed by atoms with Crippen molar-refractivity contribution in [2.45, 2.75) is 50.9 Å². The van der Waals surface area contributed by atoms with Crippen molar-refractivity contribution < 1.29 is 28.8 Å². The van der Waals surface area contributed by atoms with E-state index in [1.807, 2.05) is 6.92 Å². The van der Waals surface area contributed by atoms with Crippen molar-refractivity contribution >= 4 is 12.0 Å². The van der Waals surface area contributed by atoms with Gasteiger partial charge in [0.1, 0.15) is 11.4 Å². The van der Waals surface area contributed by atoms with Gasteiger partial charge in [0.25, 0.3) is 0 Å². The van der Waals surface area contributed by atoms with E-state index < -0.39 is 5.97 Å². The number of aryl methyl sites for hydroxylation is 1. The Bertz CT molecular complexity index is 1140. The van der Waals surface area contributed by atoms with Crippen LogP contribution in [0.2, 0.25) is 0 Å². The third kappa shape index (κ3) is 5.36. The molecule has 2 aromatic rings. The van der Waals surface area contributed by atoms with Gasteiger partial charge in [-0.2, -0.15) is 0 Å². The molecule has 0 amide bonds. The molecule has 4 aliphatic rings. The Labute approximate surface area is 218 Å². The van der Waals surface area contributed by atoms with Gasteiger partial charge in [-0.25, -0.2) is 14.8 Å². The summed E-state index contributed by atoms with van der Waals surface area (Å²) in [5, 5.41) is 8.95. The average Bonchev–Trinajstić information content (AvgIpc) is 2.86. The number of nitrogens with zero attached hydrogens (tertiary/aromatic N) is 2. The van der Waals surface area contributed by atoms with Crippen molar-refractivity contribution in [1.29, 1.82) is 0 Å². The summed E-state index contributed by atoms with van der Waals surface area (Å²) in [7, 11) is 3.21. The zero-order valence-corrected chi connectivity index (χ0v) is 21.9. The molecule has 0 radical (unpaired) electrons. The van der Waals surface area contributed by atoms with Crippen LogP contribution in [0.15, 0.2) is 24.4 Å². The number of ether oxygens (including phenoxy) is 4. The van der Waals surface area contributed by atoms with Crippen LogP contribution >= 0.6 is 0 Å². The van der Waals surface area contributed by atoms with Crippen LogP contribution < -0.4 is 9.47 Å². The number of benzene rings is 1. The maximum absolute atomic E-state index is 10.9. The third-order valence-electron chi connectivity index (χ3n) is 8.27. The zero-order chi connectivity index (χ0) is 26.0. The second-order valence-electron chi connectivity index (χ2n) is 10.8. The summed E-state index contributed by atoms with van der Waals surface area (Å²) in [6, 6.07) is 4.34. The lowest BCUT2D eigenvalue weighted by molar-refractivity contribution is -0.131. The van der Waals surface area contributed by atoms with Crippen LogP contribution in [0.25, 0.3) is 17.3 Å². The van der Waals surface area contributed by atoms with Gasteiger partial charge in [0.15, 0.2) is 6.79 Å². The summed E-state index contributed by atoms with van der Waals surface area (Å²) in [6.07, 6.45) is 11.7. The molecule has 0 atom stereocenters. The second-order valence-corrected chi connectivity index (χ2v) is 10.8. The summed E-state index contributed by atoms with van der Waals surface area (Å²) < 4.78 is 22.6. The smallest absolute Gasteiger partial charge is 0.328 e. The SMILES string of the molecule is COCCOCOc1cc(C)c(-c2ncc(/C=C/C(=O)O)nc2OC)cc1C12CC3CC(CC(C3)C1)C2. The molecule has 198 valence electrons. The molecule has 4 fully saturated rings. The van der Waals surface area contributed by atoms with E-state index in [0.29, 0.717) is 30.5 Å². The van der Waals surface area contributed by atoms with Crippen LogP contribution in [0.3, 0.4) is 0 Å². The largest absolute Gasteiger partial charge is 0.479 e. The van der Waals surface area contributed by atoms with E-state index in [9.17, 15) is 4.79 Å².